The van der Waals surface area contributed by atoms with Crippen molar-refractivity contribution in [1.29, 1.82) is 0 Å². The maximum atomic E-state index is 10.2. The summed E-state index contributed by atoms with van der Waals surface area (Å²) in [6.07, 6.45) is 0. The summed E-state index contributed by atoms with van der Waals surface area (Å²) in [4.78, 5) is 13.5. The summed E-state index contributed by atoms with van der Waals surface area (Å²) in [6.45, 7) is 0. The van der Waals surface area contributed by atoms with E-state index in [1.165, 1.54) is 12.1 Å². The Hall–Kier alpha value is -3.93. The molecule has 0 bridgehead atoms. The summed E-state index contributed by atoms with van der Waals surface area (Å²) >= 11 is 0. The van der Waals surface area contributed by atoms with Crippen molar-refractivity contribution >= 4 is 0 Å². The highest BCUT2D eigenvalue weighted by Gasteiger charge is 2.18. The Bertz CT molecular complexity index is 1040. The molecular formula is C21H15N3O3. The molecule has 0 saturated heterocycles. The number of rotatable bonds is 3. The molecule has 6 nitrogen and oxygen atoms in total. The van der Waals surface area contributed by atoms with E-state index >= 15 is 0 Å². The first-order valence-corrected chi connectivity index (χ1v) is 8.24. The average Bonchev–Trinajstić information content (AvgIpc) is 2.73. The van der Waals surface area contributed by atoms with Crippen molar-refractivity contribution in [2.45, 2.75) is 0 Å². The highest BCUT2D eigenvalue weighted by Crippen LogP contribution is 2.41. The Kier molecular flexibility index (Phi) is 4.14. The Morgan fingerprint density at radius 2 is 0.963 bits per heavy atom. The van der Waals surface area contributed by atoms with Crippen LogP contribution in [0.2, 0.25) is 0 Å². The molecule has 0 spiro atoms. The van der Waals surface area contributed by atoms with Gasteiger partial charge in [-0.2, -0.15) is 0 Å². The lowest BCUT2D eigenvalue weighted by Gasteiger charge is -2.10. The second kappa shape index (κ2) is 6.76. The largest absolute Gasteiger partial charge is 0.504 e. The molecule has 3 N–H and O–H groups in total. The molecule has 1 heterocycles. The minimum absolute atomic E-state index is 0.190. The predicted molar refractivity (Wildman–Crippen MR) is 101 cm³/mol. The van der Waals surface area contributed by atoms with Gasteiger partial charge in [0.1, 0.15) is 0 Å². The fourth-order valence-electron chi connectivity index (χ4n) is 2.68. The van der Waals surface area contributed by atoms with Crippen LogP contribution >= 0.6 is 0 Å². The van der Waals surface area contributed by atoms with Crippen LogP contribution in [-0.2, 0) is 0 Å². The van der Waals surface area contributed by atoms with E-state index < -0.39 is 17.2 Å². The highest BCUT2D eigenvalue weighted by atomic mass is 16.3. The summed E-state index contributed by atoms with van der Waals surface area (Å²) in [7, 11) is 0. The zero-order valence-corrected chi connectivity index (χ0v) is 14.1. The first-order valence-electron chi connectivity index (χ1n) is 8.24. The fourth-order valence-corrected chi connectivity index (χ4v) is 2.68. The first kappa shape index (κ1) is 16.5. The molecule has 0 aliphatic carbocycles. The van der Waals surface area contributed by atoms with E-state index in [9.17, 15) is 15.3 Å². The average molecular weight is 357 g/mol. The van der Waals surface area contributed by atoms with Gasteiger partial charge in [0.15, 0.2) is 29.0 Å². The van der Waals surface area contributed by atoms with Crippen LogP contribution in [-0.4, -0.2) is 30.3 Å². The molecule has 0 unspecified atom stereocenters. The Morgan fingerprint density at radius 1 is 0.481 bits per heavy atom. The van der Waals surface area contributed by atoms with Gasteiger partial charge in [-0.3, -0.25) is 0 Å². The van der Waals surface area contributed by atoms with E-state index in [4.69, 9.17) is 0 Å². The van der Waals surface area contributed by atoms with Gasteiger partial charge in [0, 0.05) is 11.1 Å². The summed E-state index contributed by atoms with van der Waals surface area (Å²) in [5, 5.41) is 29.7. The molecule has 4 rings (SSSR count). The molecule has 0 atom stereocenters. The first-order chi connectivity index (χ1) is 13.1. The molecule has 0 amide bonds. The van der Waals surface area contributed by atoms with Gasteiger partial charge in [-0.25, -0.2) is 15.0 Å². The summed E-state index contributed by atoms with van der Waals surface area (Å²) < 4.78 is 0. The van der Waals surface area contributed by atoms with Crippen LogP contribution in [0.15, 0.2) is 72.8 Å². The number of hydrogen-bond donors (Lipinski definition) is 3. The maximum absolute atomic E-state index is 10.2. The van der Waals surface area contributed by atoms with Crippen LogP contribution in [0.25, 0.3) is 34.2 Å². The molecule has 0 radical (unpaired) electrons. The molecule has 1 aromatic heterocycles. The van der Waals surface area contributed by atoms with Crippen molar-refractivity contribution in [2.75, 3.05) is 0 Å². The summed E-state index contributed by atoms with van der Waals surface area (Å²) in [5.41, 5.74) is 1.78. The minimum atomic E-state index is -0.615. The third-order valence-electron chi connectivity index (χ3n) is 4.07. The summed E-state index contributed by atoms with van der Waals surface area (Å²) in [5.74, 6) is -0.458. The molecule has 0 fully saturated rings. The van der Waals surface area contributed by atoms with Crippen molar-refractivity contribution in [2.24, 2.45) is 0 Å². The molecule has 0 aliphatic rings. The van der Waals surface area contributed by atoms with Crippen molar-refractivity contribution in [3.63, 3.8) is 0 Å². The van der Waals surface area contributed by atoms with Gasteiger partial charge in [0.25, 0.3) is 0 Å². The lowest BCUT2D eigenvalue weighted by atomic mass is 10.1. The molecule has 0 aliphatic heterocycles. The number of benzene rings is 3. The Balaban J connectivity index is 1.96. The number of hydrogen-bond acceptors (Lipinski definition) is 6. The van der Waals surface area contributed by atoms with E-state index in [2.05, 4.69) is 15.0 Å². The standard InChI is InChI=1S/C21H15N3O3/c25-16-12-11-15(17(26)18(16)27)21-23-19(13-7-3-1-4-8-13)22-20(24-21)14-9-5-2-6-10-14/h1-12,25-27H. The number of phenolic OH excluding ortho intramolecular Hbond substituents is 3. The van der Waals surface area contributed by atoms with Gasteiger partial charge < -0.3 is 15.3 Å². The van der Waals surface area contributed by atoms with Gasteiger partial charge in [0.2, 0.25) is 5.75 Å². The number of aromatic nitrogens is 3. The molecule has 4 aromatic rings. The van der Waals surface area contributed by atoms with Crippen LogP contribution in [0.1, 0.15) is 0 Å². The molecular weight excluding hydrogens is 342 g/mol. The molecule has 6 heteroatoms. The van der Waals surface area contributed by atoms with Crippen LogP contribution in [0.3, 0.4) is 0 Å². The number of nitrogens with zero attached hydrogens (tertiary/aromatic N) is 3. The van der Waals surface area contributed by atoms with E-state index in [0.29, 0.717) is 11.6 Å². The topological polar surface area (TPSA) is 99.4 Å². The zero-order valence-electron chi connectivity index (χ0n) is 14.1. The van der Waals surface area contributed by atoms with Crippen LogP contribution in [0, 0.1) is 0 Å². The van der Waals surface area contributed by atoms with Gasteiger partial charge in [-0.15, -0.1) is 0 Å². The summed E-state index contributed by atoms with van der Waals surface area (Å²) in [6, 6.07) is 21.5. The van der Waals surface area contributed by atoms with Gasteiger partial charge in [-0.1, -0.05) is 60.7 Å². The van der Waals surface area contributed by atoms with Crippen molar-refractivity contribution in [3.8, 4) is 51.4 Å². The van der Waals surface area contributed by atoms with E-state index in [-0.39, 0.29) is 11.4 Å². The molecule has 132 valence electrons. The Morgan fingerprint density at radius 3 is 1.48 bits per heavy atom. The monoisotopic (exact) mass is 357 g/mol. The molecule has 27 heavy (non-hydrogen) atoms. The van der Waals surface area contributed by atoms with Crippen molar-refractivity contribution < 1.29 is 15.3 Å². The smallest absolute Gasteiger partial charge is 0.201 e. The lowest BCUT2D eigenvalue weighted by molar-refractivity contribution is 0.369. The zero-order chi connectivity index (χ0) is 18.8. The molecule has 0 saturated carbocycles. The fraction of sp³-hybridized carbons (Fsp3) is 0. The predicted octanol–water partition coefficient (Wildman–Crippen LogP) is 3.99. The second-order valence-electron chi connectivity index (χ2n) is 5.87. The second-order valence-corrected chi connectivity index (χ2v) is 5.87. The highest BCUT2D eigenvalue weighted by molar-refractivity contribution is 5.73. The van der Waals surface area contributed by atoms with Crippen LogP contribution < -0.4 is 0 Å². The van der Waals surface area contributed by atoms with Gasteiger partial charge in [0.05, 0.1) is 5.56 Å². The normalized spacial score (nSPS) is 10.7. The van der Waals surface area contributed by atoms with E-state index in [1.807, 2.05) is 60.7 Å². The number of aromatic hydroxyl groups is 3. The van der Waals surface area contributed by atoms with Gasteiger partial charge >= 0.3 is 0 Å². The molecule has 3 aromatic carbocycles. The van der Waals surface area contributed by atoms with Crippen LogP contribution in [0.4, 0.5) is 0 Å². The SMILES string of the molecule is Oc1ccc(-c2nc(-c3ccccc3)nc(-c3ccccc3)n2)c(O)c1O. The third-order valence-corrected chi connectivity index (χ3v) is 4.07. The van der Waals surface area contributed by atoms with E-state index in [0.717, 1.165) is 11.1 Å². The lowest BCUT2D eigenvalue weighted by Crippen LogP contribution is -2.00. The Labute approximate surface area is 155 Å². The van der Waals surface area contributed by atoms with Gasteiger partial charge in [-0.05, 0) is 12.1 Å². The van der Waals surface area contributed by atoms with Crippen molar-refractivity contribution in [1.82, 2.24) is 15.0 Å². The van der Waals surface area contributed by atoms with E-state index in [1.54, 1.807) is 0 Å². The number of phenols is 3. The minimum Gasteiger partial charge on any atom is -0.504 e. The van der Waals surface area contributed by atoms with Crippen LogP contribution in [0.5, 0.6) is 17.2 Å². The maximum Gasteiger partial charge on any atom is 0.201 e. The quantitative estimate of drug-likeness (QED) is 0.480. The third kappa shape index (κ3) is 3.16. The van der Waals surface area contributed by atoms with Crippen molar-refractivity contribution in [3.05, 3.63) is 72.8 Å².